The standard InChI is InChI=1S/C14H28N2O2/c1-3-4-10-16(2)14(18)15-13-7-5-12(6-8-13)9-11-17/h12-13,17H,3-11H2,1-2H3,(H,15,18). The van der Waals surface area contributed by atoms with E-state index in [4.69, 9.17) is 5.11 Å². The minimum Gasteiger partial charge on any atom is -0.396 e. The van der Waals surface area contributed by atoms with E-state index in [1.165, 1.54) is 0 Å². The van der Waals surface area contributed by atoms with Crippen LogP contribution < -0.4 is 5.32 Å². The molecule has 1 saturated carbocycles. The van der Waals surface area contributed by atoms with Crippen LogP contribution in [0.3, 0.4) is 0 Å². The molecule has 0 aromatic carbocycles. The van der Waals surface area contributed by atoms with Crippen LogP contribution in [0.4, 0.5) is 4.79 Å². The van der Waals surface area contributed by atoms with Gasteiger partial charge in [-0.05, 0) is 44.4 Å². The maximum Gasteiger partial charge on any atom is 0.317 e. The minimum absolute atomic E-state index is 0.0639. The zero-order valence-electron chi connectivity index (χ0n) is 11.8. The van der Waals surface area contributed by atoms with E-state index in [0.717, 1.165) is 51.5 Å². The highest BCUT2D eigenvalue weighted by molar-refractivity contribution is 5.74. The van der Waals surface area contributed by atoms with Crippen LogP contribution in [0.15, 0.2) is 0 Å². The summed E-state index contributed by atoms with van der Waals surface area (Å²) in [5.74, 6) is 0.654. The molecule has 0 aromatic rings. The average molecular weight is 256 g/mol. The summed E-state index contributed by atoms with van der Waals surface area (Å²) in [7, 11) is 1.86. The van der Waals surface area contributed by atoms with Gasteiger partial charge in [0.15, 0.2) is 0 Å². The fourth-order valence-corrected chi connectivity index (χ4v) is 2.56. The van der Waals surface area contributed by atoms with E-state index in [9.17, 15) is 4.79 Å². The molecule has 2 N–H and O–H groups in total. The van der Waals surface area contributed by atoms with Gasteiger partial charge < -0.3 is 15.3 Å². The topological polar surface area (TPSA) is 52.6 Å². The number of hydrogen-bond donors (Lipinski definition) is 2. The third-order valence-electron chi connectivity index (χ3n) is 3.91. The van der Waals surface area contributed by atoms with Crippen molar-refractivity contribution in [3.05, 3.63) is 0 Å². The predicted molar refractivity (Wildman–Crippen MR) is 73.5 cm³/mol. The van der Waals surface area contributed by atoms with Crippen LogP contribution in [0.5, 0.6) is 0 Å². The molecule has 0 unspecified atom stereocenters. The molecule has 106 valence electrons. The van der Waals surface area contributed by atoms with Gasteiger partial charge in [-0.2, -0.15) is 0 Å². The van der Waals surface area contributed by atoms with Crippen molar-refractivity contribution in [2.24, 2.45) is 5.92 Å². The fraction of sp³-hybridized carbons (Fsp3) is 0.929. The Balaban J connectivity index is 2.21. The van der Waals surface area contributed by atoms with Crippen LogP contribution in [0.25, 0.3) is 0 Å². The summed E-state index contributed by atoms with van der Waals surface area (Å²) in [5, 5.41) is 12.0. The number of nitrogens with one attached hydrogen (secondary N) is 1. The lowest BCUT2D eigenvalue weighted by molar-refractivity contribution is 0.188. The molecule has 0 heterocycles. The van der Waals surface area contributed by atoms with Crippen molar-refractivity contribution in [3.8, 4) is 0 Å². The molecule has 0 radical (unpaired) electrons. The van der Waals surface area contributed by atoms with E-state index in [-0.39, 0.29) is 6.03 Å². The highest BCUT2D eigenvalue weighted by atomic mass is 16.3. The van der Waals surface area contributed by atoms with E-state index >= 15 is 0 Å². The number of carbonyl (C=O) groups is 1. The van der Waals surface area contributed by atoms with Gasteiger partial charge in [0, 0.05) is 26.2 Å². The number of nitrogens with zero attached hydrogens (tertiary/aromatic N) is 1. The number of aliphatic hydroxyl groups is 1. The first-order valence-electron chi connectivity index (χ1n) is 7.29. The van der Waals surface area contributed by atoms with Crippen molar-refractivity contribution in [2.75, 3.05) is 20.2 Å². The van der Waals surface area contributed by atoms with Gasteiger partial charge in [0.05, 0.1) is 0 Å². The molecule has 1 aliphatic carbocycles. The molecule has 0 atom stereocenters. The third kappa shape index (κ3) is 5.25. The summed E-state index contributed by atoms with van der Waals surface area (Å²) in [6.07, 6.45) is 7.46. The molecule has 1 fully saturated rings. The number of rotatable bonds is 6. The Labute approximate surface area is 111 Å². The quantitative estimate of drug-likeness (QED) is 0.766. The summed E-state index contributed by atoms with van der Waals surface area (Å²) >= 11 is 0. The van der Waals surface area contributed by atoms with Gasteiger partial charge in [0.25, 0.3) is 0 Å². The molecular formula is C14H28N2O2. The molecule has 1 rings (SSSR count). The second kappa shape index (κ2) is 8.35. The molecule has 0 aliphatic heterocycles. The number of amides is 2. The van der Waals surface area contributed by atoms with Crippen LogP contribution in [0, 0.1) is 5.92 Å². The summed E-state index contributed by atoms with van der Waals surface area (Å²) < 4.78 is 0. The predicted octanol–water partition coefficient (Wildman–Crippen LogP) is 2.37. The monoisotopic (exact) mass is 256 g/mol. The van der Waals surface area contributed by atoms with Crippen molar-refractivity contribution < 1.29 is 9.90 Å². The SMILES string of the molecule is CCCCN(C)C(=O)NC1CCC(CCO)CC1. The van der Waals surface area contributed by atoms with Gasteiger partial charge in [0.1, 0.15) is 0 Å². The first-order valence-corrected chi connectivity index (χ1v) is 7.29. The van der Waals surface area contributed by atoms with Crippen LogP contribution in [-0.4, -0.2) is 42.3 Å². The summed E-state index contributed by atoms with van der Waals surface area (Å²) in [6, 6.07) is 0.394. The van der Waals surface area contributed by atoms with Gasteiger partial charge in [-0.15, -0.1) is 0 Å². The largest absolute Gasteiger partial charge is 0.396 e. The zero-order chi connectivity index (χ0) is 13.4. The highest BCUT2D eigenvalue weighted by Crippen LogP contribution is 2.26. The maximum absolute atomic E-state index is 11.9. The molecule has 4 nitrogen and oxygen atoms in total. The number of urea groups is 1. The molecule has 1 aliphatic rings. The molecule has 0 saturated heterocycles. The molecular weight excluding hydrogens is 228 g/mol. The minimum atomic E-state index is 0.0639. The van der Waals surface area contributed by atoms with E-state index in [1.54, 1.807) is 4.90 Å². The molecule has 18 heavy (non-hydrogen) atoms. The lowest BCUT2D eigenvalue weighted by atomic mass is 9.84. The van der Waals surface area contributed by atoms with Gasteiger partial charge in [-0.1, -0.05) is 13.3 Å². The Morgan fingerprint density at radius 3 is 2.56 bits per heavy atom. The molecule has 2 amide bonds. The molecule has 4 heteroatoms. The van der Waals surface area contributed by atoms with Crippen LogP contribution >= 0.6 is 0 Å². The van der Waals surface area contributed by atoms with Crippen molar-refractivity contribution in [1.82, 2.24) is 10.2 Å². The number of aliphatic hydroxyl groups excluding tert-OH is 1. The number of unbranched alkanes of at least 4 members (excludes halogenated alkanes) is 1. The van der Waals surface area contributed by atoms with Crippen LogP contribution in [0.2, 0.25) is 0 Å². The van der Waals surface area contributed by atoms with Crippen molar-refractivity contribution in [2.45, 2.75) is 57.9 Å². The van der Waals surface area contributed by atoms with Gasteiger partial charge in [0.2, 0.25) is 0 Å². The second-order valence-corrected chi connectivity index (χ2v) is 5.45. The summed E-state index contributed by atoms with van der Waals surface area (Å²) in [4.78, 5) is 13.7. The third-order valence-corrected chi connectivity index (χ3v) is 3.91. The summed E-state index contributed by atoms with van der Waals surface area (Å²) in [5.41, 5.74) is 0. The Morgan fingerprint density at radius 2 is 2.00 bits per heavy atom. The molecule has 0 aromatic heterocycles. The molecule has 0 spiro atoms. The smallest absolute Gasteiger partial charge is 0.317 e. The second-order valence-electron chi connectivity index (χ2n) is 5.45. The van der Waals surface area contributed by atoms with Crippen molar-refractivity contribution in [1.29, 1.82) is 0 Å². The average Bonchev–Trinajstić information content (AvgIpc) is 2.38. The van der Waals surface area contributed by atoms with E-state index in [0.29, 0.717) is 18.6 Å². The Hall–Kier alpha value is -0.770. The van der Waals surface area contributed by atoms with Crippen LogP contribution in [-0.2, 0) is 0 Å². The van der Waals surface area contributed by atoms with E-state index in [2.05, 4.69) is 12.2 Å². The first-order chi connectivity index (χ1) is 8.67. The highest BCUT2D eigenvalue weighted by Gasteiger charge is 2.22. The Bertz CT molecular complexity index is 238. The normalized spacial score (nSPS) is 23.7. The number of carbonyl (C=O) groups excluding carboxylic acids is 1. The van der Waals surface area contributed by atoms with Crippen molar-refractivity contribution in [3.63, 3.8) is 0 Å². The van der Waals surface area contributed by atoms with E-state index < -0.39 is 0 Å². The number of hydrogen-bond acceptors (Lipinski definition) is 2. The Morgan fingerprint density at radius 1 is 1.33 bits per heavy atom. The first kappa shape index (κ1) is 15.3. The van der Waals surface area contributed by atoms with Crippen molar-refractivity contribution >= 4 is 6.03 Å². The maximum atomic E-state index is 11.9. The lowest BCUT2D eigenvalue weighted by Crippen LogP contribution is -2.44. The fourth-order valence-electron chi connectivity index (χ4n) is 2.56. The van der Waals surface area contributed by atoms with E-state index in [1.807, 2.05) is 7.05 Å². The van der Waals surface area contributed by atoms with Gasteiger partial charge in [-0.25, -0.2) is 4.79 Å². The molecule has 0 bridgehead atoms. The zero-order valence-corrected chi connectivity index (χ0v) is 11.8. The lowest BCUT2D eigenvalue weighted by Gasteiger charge is -2.30. The Kier molecular flexibility index (Phi) is 7.09. The van der Waals surface area contributed by atoms with Crippen LogP contribution in [0.1, 0.15) is 51.9 Å². The van der Waals surface area contributed by atoms with Gasteiger partial charge >= 0.3 is 6.03 Å². The summed E-state index contributed by atoms with van der Waals surface area (Å²) in [6.45, 7) is 3.26. The van der Waals surface area contributed by atoms with Gasteiger partial charge in [-0.3, -0.25) is 0 Å².